The van der Waals surface area contributed by atoms with E-state index in [4.69, 9.17) is 22.8 Å². The summed E-state index contributed by atoms with van der Waals surface area (Å²) in [5.41, 5.74) is 1.52. The van der Waals surface area contributed by atoms with E-state index >= 15 is 0 Å². The number of amides is 2. The van der Waals surface area contributed by atoms with Crippen molar-refractivity contribution < 1.29 is 23.5 Å². The minimum absolute atomic E-state index is 0.0974. The minimum atomic E-state index is -0.772. The van der Waals surface area contributed by atoms with E-state index in [9.17, 15) is 18.8 Å². The molecule has 41 heavy (non-hydrogen) atoms. The molecule has 210 valence electrons. The summed E-state index contributed by atoms with van der Waals surface area (Å²) >= 11 is 6.11. The third-order valence-corrected chi connectivity index (χ3v) is 6.74. The summed E-state index contributed by atoms with van der Waals surface area (Å²) in [7, 11) is 0. The van der Waals surface area contributed by atoms with E-state index in [-0.39, 0.29) is 33.7 Å². The molecule has 0 aliphatic carbocycles. The quantitative estimate of drug-likeness (QED) is 0.151. The molecule has 10 heteroatoms. The van der Waals surface area contributed by atoms with Gasteiger partial charge < -0.3 is 20.3 Å². The van der Waals surface area contributed by atoms with Gasteiger partial charge in [-0.05, 0) is 74.4 Å². The van der Waals surface area contributed by atoms with Gasteiger partial charge in [-0.15, -0.1) is 6.42 Å². The first kappa shape index (κ1) is 29.3. The van der Waals surface area contributed by atoms with Crippen molar-refractivity contribution in [3.05, 3.63) is 88.2 Å². The Kier molecular flexibility index (Phi) is 9.72. The second-order valence-corrected chi connectivity index (χ2v) is 9.73. The molecule has 0 spiro atoms. The number of nitrogens with zero attached hydrogens (tertiary/aromatic N) is 2. The van der Waals surface area contributed by atoms with E-state index in [1.54, 1.807) is 37.5 Å². The number of carbonyl (C=O) groups excluding carboxylic acids is 3. The predicted molar refractivity (Wildman–Crippen MR) is 157 cm³/mol. The molecule has 1 aliphatic rings. The monoisotopic (exact) mass is 574 g/mol. The molecule has 1 fully saturated rings. The first-order valence-corrected chi connectivity index (χ1v) is 13.4. The molecule has 0 unspecified atom stereocenters. The molecule has 8 nitrogen and oxygen atoms in total. The van der Waals surface area contributed by atoms with Crippen LogP contribution in [0.3, 0.4) is 0 Å². The third kappa shape index (κ3) is 7.71. The number of ether oxygens (including phenoxy) is 1. The first-order valence-electron chi connectivity index (χ1n) is 13.0. The van der Waals surface area contributed by atoms with E-state index in [0.717, 1.165) is 6.07 Å². The number of benzene rings is 3. The first-order chi connectivity index (χ1) is 19.8. The molecule has 1 heterocycles. The van der Waals surface area contributed by atoms with Gasteiger partial charge in [0, 0.05) is 35.4 Å². The van der Waals surface area contributed by atoms with Crippen LogP contribution in [0.1, 0.15) is 46.0 Å². The van der Waals surface area contributed by atoms with Crippen LogP contribution in [0, 0.1) is 24.1 Å². The molecule has 0 bridgehead atoms. The second-order valence-electron chi connectivity index (χ2n) is 9.29. The molecule has 2 N–H and O–H groups in total. The number of hydrogen-bond acceptors (Lipinski definition) is 5. The van der Waals surface area contributed by atoms with E-state index in [0.29, 0.717) is 49.5 Å². The number of halogens is 2. The summed E-state index contributed by atoms with van der Waals surface area (Å²) in [5, 5.41) is 5.61. The molecule has 0 atom stereocenters. The molecule has 3 aromatic rings. The zero-order valence-electron chi connectivity index (χ0n) is 22.3. The minimum Gasteiger partial charge on any atom is -0.466 e. The van der Waals surface area contributed by atoms with Crippen LogP contribution in [-0.4, -0.2) is 48.7 Å². The number of carbonyl (C=O) groups is 3. The normalized spacial score (nSPS) is 13.5. The zero-order valence-corrected chi connectivity index (χ0v) is 23.1. The van der Waals surface area contributed by atoms with Crippen molar-refractivity contribution in [1.29, 1.82) is 0 Å². The standard InChI is InChI=1S/C31H28ClFN4O4/c1-3-20-5-8-23(9-6-20)35-30(39)26-17-22(32)7-12-28(26)36-29(38)25-11-10-24(18-27(25)33)34-19-37-15-13-21(14-16-37)31(40)41-4-2/h1,5-12,17-19,21H,4,13-16H2,2H3,(H,35,39)(H,36,38)/b34-19+. The van der Waals surface area contributed by atoms with E-state index in [1.165, 1.54) is 30.3 Å². The number of piperidine rings is 1. The smallest absolute Gasteiger partial charge is 0.309 e. The number of hydrogen-bond donors (Lipinski definition) is 2. The fourth-order valence-electron chi connectivity index (χ4n) is 4.28. The maximum absolute atomic E-state index is 14.9. The highest BCUT2D eigenvalue weighted by Gasteiger charge is 2.25. The SMILES string of the molecule is C#Cc1ccc(NC(=O)c2cc(Cl)ccc2NC(=O)c2ccc(/N=C/N3CCC(C(=O)OCC)CC3)cc2F)cc1. The van der Waals surface area contributed by atoms with Crippen molar-refractivity contribution in [2.45, 2.75) is 19.8 Å². The third-order valence-electron chi connectivity index (χ3n) is 6.50. The van der Waals surface area contributed by atoms with Crippen molar-refractivity contribution >= 4 is 52.8 Å². The van der Waals surface area contributed by atoms with Gasteiger partial charge in [-0.3, -0.25) is 14.4 Å². The van der Waals surface area contributed by atoms with Gasteiger partial charge in [-0.25, -0.2) is 9.38 Å². The van der Waals surface area contributed by atoms with Crippen molar-refractivity contribution in [1.82, 2.24) is 4.90 Å². The lowest BCUT2D eigenvalue weighted by molar-refractivity contribution is -0.149. The molecular formula is C31H28ClFN4O4. The highest BCUT2D eigenvalue weighted by atomic mass is 35.5. The van der Waals surface area contributed by atoms with Crippen LogP contribution < -0.4 is 10.6 Å². The van der Waals surface area contributed by atoms with E-state index in [1.807, 2.05) is 4.90 Å². The van der Waals surface area contributed by atoms with Gasteiger partial charge in [0.2, 0.25) is 0 Å². The Bertz CT molecular complexity index is 1510. The Labute approximate surface area is 242 Å². The fraction of sp³-hybridized carbons (Fsp3) is 0.226. The Morgan fingerprint density at radius 3 is 2.41 bits per heavy atom. The maximum Gasteiger partial charge on any atom is 0.309 e. The average Bonchev–Trinajstić information content (AvgIpc) is 2.97. The van der Waals surface area contributed by atoms with E-state index in [2.05, 4.69) is 21.5 Å². The molecule has 1 saturated heterocycles. The Balaban J connectivity index is 1.41. The number of aliphatic imine (C=N–C) groups is 1. The molecule has 4 rings (SSSR count). The largest absolute Gasteiger partial charge is 0.466 e. The van der Waals surface area contributed by atoms with Gasteiger partial charge in [0.05, 0.1) is 41.4 Å². The summed E-state index contributed by atoms with van der Waals surface area (Å²) in [6.45, 7) is 3.40. The summed E-state index contributed by atoms with van der Waals surface area (Å²) in [6.07, 6.45) is 8.28. The molecular weight excluding hydrogens is 547 g/mol. The topological polar surface area (TPSA) is 100 Å². The van der Waals surface area contributed by atoms with Crippen LogP contribution in [0.2, 0.25) is 5.02 Å². The summed E-state index contributed by atoms with van der Waals surface area (Å²) in [4.78, 5) is 44.1. The molecule has 2 amide bonds. The zero-order chi connectivity index (χ0) is 29.4. The lowest BCUT2D eigenvalue weighted by Crippen LogP contribution is -2.36. The number of esters is 1. The van der Waals surface area contributed by atoms with Crippen LogP contribution in [-0.2, 0) is 9.53 Å². The summed E-state index contributed by atoms with van der Waals surface area (Å²) < 4.78 is 20.0. The Morgan fingerprint density at radius 2 is 1.76 bits per heavy atom. The van der Waals surface area contributed by atoms with E-state index < -0.39 is 17.6 Å². The number of rotatable bonds is 8. The van der Waals surface area contributed by atoms with Crippen molar-refractivity contribution in [3.8, 4) is 12.3 Å². The molecule has 0 saturated carbocycles. The Hall–Kier alpha value is -4.68. The van der Waals surface area contributed by atoms with Crippen LogP contribution in [0.5, 0.6) is 0 Å². The van der Waals surface area contributed by atoms with Gasteiger partial charge in [-0.1, -0.05) is 17.5 Å². The Morgan fingerprint density at radius 1 is 1.05 bits per heavy atom. The van der Waals surface area contributed by atoms with Crippen LogP contribution in [0.4, 0.5) is 21.5 Å². The molecule has 0 aromatic heterocycles. The number of anilines is 2. The maximum atomic E-state index is 14.9. The van der Waals surface area contributed by atoms with Crippen LogP contribution >= 0.6 is 11.6 Å². The van der Waals surface area contributed by atoms with Gasteiger partial charge in [0.15, 0.2) is 0 Å². The lowest BCUT2D eigenvalue weighted by Gasteiger charge is -2.29. The number of terminal acetylenes is 1. The predicted octanol–water partition coefficient (Wildman–Crippen LogP) is 5.90. The fourth-order valence-corrected chi connectivity index (χ4v) is 4.45. The van der Waals surface area contributed by atoms with Gasteiger partial charge in [0.25, 0.3) is 11.8 Å². The van der Waals surface area contributed by atoms with Gasteiger partial charge >= 0.3 is 5.97 Å². The van der Waals surface area contributed by atoms with Gasteiger partial charge in [0.1, 0.15) is 5.82 Å². The van der Waals surface area contributed by atoms with Crippen LogP contribution in [0.25, 0.3) is 0 Å². The van der Waals surface area contributed by atoms with Crippen molar-refractivity contribution in [2.75, 3.05) is 30.3 Å². The summed E-state index contributed by atoms with van der Waals surface area (Å²) in [6, 6.07) is 15.1. The lowest BCUT2D eigenvalue weighted by atomic mass is 9.97. The molecule has 1 aliphatic heterocycles. The highest BCUT2D eigenvalue weighted by molar-refractivity contribution is 6.31. The van der Waals surface area contributed by atoms with Gasteiger partial charge in [-0.2, -0.15) is 0 Å². The molecule has 3 aromatic carbocycles. The van der Waals surface area contributed by atoms with Crippen molar-refractivity contribution in [2.24, 2.45) is 10.9 Å². The number of likely N-dealkylation sites (tertiary alicyclic amines) is 1. The van der Waals surface area contributed by atoms with Crippen molar-refractivity contribution in [3.63, 3.8) is 0 Å². The summed E-state index contributed by atoms with van der Waals surface area (Å²) in [5.74, 6) is 0.163. The average molecular weight is 575 g/mol. The second kappa shape index (κ2) is 13.6. The van der Waals surface area contributed by atoms with Crippen LogP contribution in [0.15, 0.2) is 65.7 Å². The highest BCUT2D eigenvalue weighted by Crippen LogP contribution is 2.25. The number of nitrogens with one attached hydrogen (secondary N) is 2. The molecule has 0 radical (unpaired) electrons.